The van der Waals surface area contributed by atoms with Gasteiger partial charge in [0.2, 0.25) is 5.91 Å². The number of hydrogen-bond acceptors (Lipinski definition) is 3. The second kappa shape index (κ2) is 9.16. The molecule has 0 fully saturated rings. The quantitative estimate of drug-likeness (QED) is 0.632. The van der Waals surface area contributed by atoms with E-state index in [1.54, 1.807) is 0 Å². The van der Waals surface area contributed by atoms with Gasteiger partial charge in [0, 0.05) is 31.8 Å². The smallest absolute Gasteiger partial charge is 0.218 e. The fourth-order valence-electron chi connectivity index (χ4n) is 1.91. The zero-order valence-corrected chi connectivity index (χ0v) is 11.4. The van der Waals surface area contributed by atoms with Crippen molar-refractivity contribution in [3.05, 3.63) is 0 Å². The molecule has 0 radical (unpaired) electrons. The standard InChI is InChI=1S/C13H26N2O2/c1-4-11(5-2)12(16)7-9-15(6-3)10-8-13(14)17/h11H,4-10H2,1-3H3,(H2,14,17). The molecular formula is C13H26N2O2. The highest BCUT2D eigenvalue weighted by molar-refractivity contribution is 5.81. The average molecular weight is 242 g/mol. The lowest BCUT2D eigenvalue weighted by atomic mass is 9.96. The Balaban J connectivity index is 3.96. The van der Waals surface area contributed by atoms with Crippen molar-refractivity contribution >= 4 is 11.7 Å². The van der Waals surface area contributed by atoms with Crippen molar-refractivity contribution in [1.82, 2.24) is 4.90 Å². The van der Waals surface area contributed by atoms with Crippen LogP contribution in [-0.4, -0.2) is 36.2 Å². The first-order chi connectivity index (χ1) is 8.04. The van der Waals surface area contributed by atoms with E-state index in [-0.39, 0.29) is 11.8 Å². The maximum Gasteiger partial charge on any atom is 0.218 e. The van der Waals surface area contributed by atoms with Gasteiger partial charge in [0.25, 0.3) is 0 Å². The SMILES string of the molecule is CCC(CC)C(=O)CCN(CC)CCC(N)=O. The van der Waals surface area contributed by atoms with Crippen LogP contribution in [0, 0.1) is 5.92 Å². The minimum atomic E-state index is -0.283. The first kappa shape index (κ1) is 16.1. The summed E-state index contributed by atoms with van der Waals surface area (Å²) in [5, 5.41) is 0. The first-order valence-electron chi connectivity index (χ1n) is 6.58. The third kappa shape index (κ3) is 7.10. The van der Waals surface area contributed by atoms with Crippen LogP contribution >= 0.6 is 0 Å². The van der Waals surface area contributed by atoms with E-state index in [0.717, 1.165) is 25.9 Å². The number of carbonyl (C=O) groups is 2. The monoisotopic (exact) mass is 242 g/mol. The van der Waals surface area contributed by atoms with E-state index >= 15 is 0 Å². The number of carbonyl (C=O) groups excluding carboxylic acids is 2. The zero-order chi connectivity index (χ0) is 13.3. The highest BCUT2D eigenvalue weighted by atomic mass is 16.1. The van der Waals surface area contributed by atoms with Crippen LogP contribution in [0.1, 0.15) is 46.5 Å². The molecule has 0 aliphatic heterocycles. The minimum absolute atomic E-state index is 0.199. The Morgan fingerprint density at radius 3 is 2.00 bits per heavy atom. The van der Waals surface area contributed by atoms with Crippen molar-refractivity contribution in [3.8, 4) is 0 Å². The van der Waals surface area contributed by atoms with Gasteiger partial charge >= 0.3 is 0 Å². The molecule has 100 valence electrons. The van der Waals surface area contributed by atoms with E-state index in [0.29, 0.717) is 25.2 Å². The van der Waals surface area contributed by atoms with Crippen LogP contribution < -0.4 is 5.73 Å². The number of rotatable bonds is 10. The van der Waals surface area contributed by atoms with Crippen LogP contribution in [0.2, 0.25) is 0 Å². The Morgan fingerprint density at radius 2 is 1.59 bits per heavy atom. The third-order valence-electron chi connectivity index (χ3n) is 3.24. The van der Waals surface area contributed by atoms with Gasteiger partial charge in [0.05, 0.1) is 0 Å². The lowest BCUT2D eigenvalue weighted by molar-refractivity contribution is -0.123. The molecule has 0 rings (SSSR count). The van der Waals surface area contributed by atoms with Gasteiger partial charge in [-0.05, 0) is 19.4 Å². The van der Waals surface area contributed by atoms with Crippen LogP contribution in [-0.2, 0) is 9.59 Å². The molecule has 0 saturated carbocycles. The molecule has 0 aromatic rings. The Labute approximate surface area is 105 Å². The molecule has 0 bridgehead atoms. The molecule has 0 spiro atoms. The molecule has 0 saturated heterocycles. The molecule has 0 aromatic heterocycles. The number of hydrogen-bond donors (Lipinski definition) is 1. The Hall–Kier alpha value is -0.900. The number of nitrogens with zero attached hydrogens (tertiary/aromatic N) is 1. The highest BCUT2D eigenvalue weighted by Crippen LogP contribution is 2.11. The van der Waals surface area contributed by atoms with Crippen molar-refractivity contribution in [3.63, 3.8) is 0 Å². The molecule has 2 N–H and O–H groups in total. The number of amides is 1. The number of nitrogens with two attached hydrogens (primary N) is 1. The van der Waals surface area contributed by atoms with Gasteiger partial charge in [-0.2, -0.15) is 0 Å². The number of Topliss-reactive ketones (excluding diaryl/α,β-unsaturated/α-hetero) is 1. The van der Waals surface area contributed by atoms with E-state index < -0.39 is 0 Å². The van der Waals surface area contributed by atoms with Gasteiger partial charge in [0.1, 0.15) is 5.78 Å². The maximum atomic E-state index is 11.8. The third-order valence-corrected chi connectivity index (χ3v) is 3.24. The molecule has 4 heteroatoms. The summed E-state index contributed by atoms with van der Waals surface area (Å²) < 4.78 is 0. The maximum absolute atomic E-state index is 11.8. The molecule has 0 aliphatic carbocycles. The van der Waals surface area contributed by atoms with Gasteiger partial charge in [0.15, 0.2) is 0 Å². The molecule has 4 nitrogen and oxygen atoms in total. The first-order valence-corrected chi connectivity index (χ1v) is 6.58. The lowest BCUT2D eigenvalue weighted by Gasteiger charge is -2.20. The number of ketones is 1. The normalized spacial score (nSPS) is 11.1. The minimum Gasteiger partial charge on any atom is -0.370 e. The summed E-state index contributed by atoms with van der Waals surface area (Å²) in [5.41, 5.74) is 5.11. The van der Waals surface area contributed by atoms with Crippen molar-refractivity contribution in [2.24, 2.45) is 11.7 Å². The fraction of sp³-hybridized carbons (Fsp3) is 0.846. The van der Waals surface area contributed by atoms with Gasteiger partial charge in [-0.3, -0.25) is 9.59 Å². The van der Waals surface area contributed by atoms with Crippen molar-refractivity contribution in [1.29, 1.82) is 0 Å². The average Bonchev–Trinajstić information content (AvgIpc) is 2.30. The van der Waals surface area contributed by atoms with Crippen molar-refractivity contribution < 1.29 is 9.59 Å². The molecule has 0 aliphatic rings. The van der Waals surface area contributed by atoms with Crippen LogP contribution in [0.4, 0.5) is 0 Å². The molecular weight excluding hydrogens is 216 g/mol. The summed E-state index contributed by atoms with van der Waals surface area (Å²) in [7, 11) is 0. The van der Waals surface area contributed by atoms with Crippen molar-refractivity contribution in [2.45, 2.75) is 46.5 Å². The Kier molecular flexibility index (Phi) is 8.68. The van der Waals surface area contributed by atoms with Gasteiger partial charge in [-0.15, -0.1) is 0 Å². The zero-order valence-electron chi connectivity index (χ0n) is 11.4. The van der Waals surface area contributed by atoms with Gasteiger partial charge in [-0.25, -0.2) is 0 Å². The summed E-state index contributed by atoms with van der Waals surface area (Å²) in [6, 6.07) is 0. The molecule has 1 amide bonds. The summed E-state index contributed by atoms with van der Waals surface area (Å²) in [6.45, 7) is 8.38. The highest BCUT2D eigenvalue weighted by Gasteiger charge is 2.15. The van der Waals surface area contributed by atoms with E-state index in [4.69, 9.17) is 5.73 Å². The van der Waals surface area contributed by atoms with E-state index in [2.05, 4.69) is 18.7 Å². The largest absolute Gasteiger partial charge is 0.370 e. The fourth-order valence-corrected chi connectivity index (χ4v) is 1.91. The summed E-state index contributed by atoms with van der Waals surface area (Å²) in [6.07, 6.45) is 2.79. The molecule has 0 unspecified atom stereocenters. The number of primary amides is 1. The lowest BCUT2D eigenvalue weighted by Crippen LogP contribution is -2.31. The Morgan fingerprint density at radius 1 is 1.06 bits per heavy atom. The van der Waals surface area contributed by atoms with E-state index in [9.17, 15) is 9.59 Å². The predicted octanol–water partition coefficient (Wildman–Crippen LogP) is 1.58. The van der Waals surface area contributed by atoms with E-state index in [1.165, 1.54) is 0 Å². The second-order valence-electron chi connectivity index (χ2n) is 4.38. The van der Waals surface area contributed by atoms with Crippen molar-refractivity contribution in [2.75, 3.05) is 19.6 Å². The van der Waals surface area contributed by atoms with E-state index in [1.807, 2.05) is 6.92 Å². The van der Waals surface area contributed by atoms with Gasteiger partial charge < -0.3 is 10.6 Å². The molecule has 0 aromatic carbocycles. The van der Waals surface area contributed by atoms with Crippen LogP contribution in [0.5, 0.6) is 0 Å². The predicted molar refractivity (Wildman–Crippen MR) is 69.6 cm³/mol. The molecule has 17 heavy (non-hydrogen) atoms. The summed E-state index contributed by atoms with van der Waals surface area (Å²) >= 11 is 0. The van der Waals surface area contributed by atoms with Crippen LogP contribution in [0.3, 0.4) is 0 Å². The van der Waals surface area contributed by atoms with Crippen LogP contribution in [0.25, 0.3) is 0 Å². The Bertz CT molecular complexity index is 238. The molecule has 0 heterocycles. The van der Waals surface area contributed by atoms with Gasteiger partial charge in [-0.1, -0.05) is 20.8 Å². The topological polar surface area (TPSA) is 63.4 Å². The summed E-state index contributed by atoms with van der Waals surface area (Å²) in [4.78, 5) is 24.6. The second-order valence-corrected chi connectivity index (χ2v) is 4.38. The summed E-state index contributed by atoms with van der Waals surface area (Å²) in [5.74, 6) is 0.257. The molecule has 0 atom stereocenters. The van der Waals surface area contributed by atoms with Crippen LogP contribution in [0.15, 0.2) is 0 Å².